The predicted molar refractivity (Wildman–Crippen MR) is 58.7 cm³/mol. The first kappa shape index (κ1) is 11.2. The van der Waals surface area contributed by atoms with E-state index in [4.69, 9.17) is 4.74 Å². The fourth-order valence-electron chi connectivity index (χ4n) is 1.77. The number of esters is 1. The largest absolute Gasteiger partial charge is 0.465 e. The minimum absolute atomic E-state index is 0.214. The Balaban J connectivity index is 1.93. The monoisotopic (exact) mass is 223 g/mol. The van der Waals surface area contributed by atoms with Crippen LogP contribution in [0.25, 0.3) is 0 Å². The van der Waals surface area contributed by atoms with Crippen molar-refractivity contribution < 1.29 is 14.6 Å². The van der Waals surface area contributed by atoms with Crippen LogP contribution in [0.2, 0.25) is 0 Å². The quantitative estimate of drug-likeness (QED) is 0.769. The summed E-state index contributed by atoms with van der Waals surface area (Å²) in [6.45, 7) is 2.40. The number of aromatic nitrogens is 1. The van der Waals surface area contributed by atoms with E-state index < -0.39 is 0 Å². The van der Waals surface area contributed by atoms with Gasteiger partial charge in [0.25, 0.3) is 0 Å². The van der Waals surface area contributed by atoms with Gasteiger partial charge in [-0.3, -0.25) is 4.79 Å². The lowest BCUT2D eigenvalue weighted by Gasteiger charge is -2.06. The van der Waals surface area contributed by atoms with Crippen LogP contribution in [0.1, 0.15) is 31.4 Å². The molecule has 0 spiro atoms. The Labute approximate surface area is 94.8 Å². The van der Waals surface area contributed by atoms with Crippen LogP contribution in [0.4, 0.5) is 0 Å². The Hall–Kier alpha value is -1.29. The molecule has 0 aromatic carbocycles. The predicted octanol–water partition coefficient (Wildman–Crippen LogP) is 1.49. The number of rotatable bonds is 5. The minimum atomic E-state index is -0.372. The summed E-state index contributed by atoms with van der Waals surface area (Å²) in [7, 11) is 0. The Morgan fingerprint density at radius 3 is 3.06 bits per heavy atom. The third-order valence-electron chi connectivity index (χ3n) is 2.80. The second kappa shape index (κ2) is 4.70. The van der Waals surface area contributed by atoms with Crippen molar-refractivity contribution in [3.63, 3.8) is 0 Å². The van der Waals surface area contributed by atoms with Crippen LogP contribution in [-0.2, 0) is 16.1 Å². The van der Waals surface area contributed by atoms with Gasteiger partial charge < -0.3 is 14.4 Å². The molecule has 0 radical (unpaired) electrons. The lowest BCUT2D eigenvalue weighted by molar-refractivity contribution is -0.143. The summed E-state index contributed by atoms with van der Waals surface area (Å²) in [6, 6.07) is 1.86. The summed E-state index contributed by atoms with van der Waals surface area (Å²) in [4.78, 5) is 11.2. The maximum absolute atomic E-state index is 11.2. The van der Waals surface area contributed by atoms with Crippen molar-refractivity contribution >= 4 is 5.97 Å². The van der Waals surface area contributed by atoms with Crippen molar-refractivity contribution in [2.45, 2.75) is 32.4 Å². The molecule has 1 aromatic heterocycles. The second-order valence-electron chi connectivity index (χ2n) is 4.20. The smallest absolute Gasteiger partial charge is 0.325 e. The highest BCUT2D eigenvalue weighted by atomic mass is 16.5. The van der Waals surface area contributed by atoms with Crippen LogP contribution in [0.3, 0.4) is 0 Å². The van der Waals surface area contributed by atoms with E-state index in [9.17, 15) is 9.90 Å². The van der Waals surface area contributed by atoms with Gasteiger partial charge in [-0.1, -0.05) is 0 Å². The van der Waals surface area contributed by atoms with E-state index in [0.29, 0.717) is 12.5 Å². The Morgan fingerprint density at radius 1 is 1.69 bits per heavy atom. The molecule has 0 saturated heterocycles. The molecule has 88 valence electrons. The number of ether oxygens (including phenoxy) is 1. The average Bonchev–Trinajstić information content (AvgIpc) is 2.99. The van der Waals surface area contributed by atoms with Crippen molar-refractivity contribution in [1.29, 1.82) is 0 Å². The van der Waals surface area contributed by atoms with Crippen LogP contribution >= 0.6 is 0 Å². The van der Waals surface area contributed by atoms with Crippen molar-refractivity contribution in [2.75, 3.05) is 6.61 Å². The lowest BCUT2D eigenvalue weighted by atomic mass is 10.1. The van der Waals surface area contributed by atoms with Gasteiger partial charge in [0.05, 0.1) is 12.7 Å². The molecule has 1 aromatic rings. The van der Waals surface area contributed by atoms with Crippen molar-refractivity contribution in [3.8, 4) is 0 Å². The van der Waals surface area contributed by atoms with Gasteiger partial charge in [-0.15, -0.1) is 0 Å². The van der Waals surface area contributed by atoms with Crippen LogP contribution in [0.15, 0.2) is 18.5 Å². The van der Waals surface area contributed by atoms with Crippen LogP contribution < -0.4 is 0 Å². The number of carbonyl (C=O) groups is 1. The maximum Gasteiger partial charge on any atom is 0.325 e. The molecule has 4 heteroatoms. The summed E-state index contributed by atoms with van der Waals surface area (Å²) in [6.07, 6.45) is 5.45. The zero-order valence-corrected chi connectivity index (χ0v) is 9.43. The van der Waals surface area contributed by atoms with E-state index in [1.807, 2.05) is 12.3 Å². The molecule has 1 fully saturated rings. The van der Waals surface area contributed by atoms with Crippen molar-refractivity contribution in [1.82, 2.24) is 4.57 Å². The summed E-state index contributed by atoms with van der Waals surface area (Å²) in [5.41, 5.74) is 0.895. The molecular formula is C12H17NO3. The molecule has 16 heavy (non-hydrogen) atoms. The molecule has 1 heterocycles. The van der Waals surface area contributed by atoms with Gasteiger partial charge in [0.15, 0.2) is 0 Å². The molecule has 0 aliphatic heterocycles. The molecule has 1 N–H and O–H groups in total. The van der Waals surface area contributed by atoms with Gasteiger partial charge in [-0.25, -0.2) is 0 Å². The zero-order chi connectivity index (χ0) is 11.5. The molecule has 0 amide bonds. The van der Waals surface area contributed by atoms with Crippen LogP contribution in [0.5, 0.6) is 0 Å². The Bertz CT molecular complexity index is 368. The third kappa shape index (κ3) is 2.64. The van der Waals surface area contributed by atoms with Crippen LogP contribution in [-0.4, -0.2) is 22.2 Å². The van der Waals surface area contributed by atoms with Gasteiger partial charge in [-0.05, 0) is 37.3 Å². The summed E-state index contributed by atoms with van der Waals surface area (Å²) in [5, 5.41) is 9.88. The highest BCUT2D eigenvalue weighted by Gasteiger charge is 2.31. The normalized spacial score (nSPS) is 17.1. The molecule has 0 bridgehead atoms. The highest BCUT2D eigenvalue weighted by molar-refractivity contribution is 5.69. The zero-order valence-electron chi connectivity index (χ0n) is 9.43. The number of hydrogen-bond acceptors (Lipinski definition) is 3. The number of nitrogens with zero attached hydrogens (tertiary/aromatic N) is 1. The first-order valence-corrected chi connectivity index (χ1v) is 5.70. The van der Waals surface area contributed by atoms with Crippen LogP contribution in [0, 0.1) is 5.92 Å². The molecule has 1 atom stereocenters. The van der Waals surface area contributed by atoms with Gasteiger partial charge in [-0.2, -0.15) is 0 Å². The summed E-state index contributed by atoms with van der Waals surface area (Å²) >= 11 is 0. The number of aliphatic hydroxyl groups is 1. The van der Waals surface area contributed by atoms with E-state index in [1.54, 1.807) is 17.7 Å². The standard InChI is InChI=1S/C12H17NO3/c1-2-16-11(14)8-13-6-5-10(7-13)12(15)9-3-4-9/h5-7,9,12,15H,2-4,8H2,1H3. The van der Waals surface area contributed by atoms with Crippen molar-refractivity contribution in [2.24, 2.45) is 5.92 Å². The Morgan fingerprint density at radius 2 is 2.44 bits per heavy atom. The molecule has 1 aliphatic carbocycles. The van der Waals surface area contributed by atoms with E-state index in [0.717, 1.165) is 18.4 Å². The van der Waals surface area contributed by atoms with Gasteiger partial charge >= 0.3 is 5.97 Å². The van der Waals surface area contributed by atoms with E-state index >= 15 is 0 Å². The molecule has 1 unspecified atom stereocenters. The first-order chi connectivity index (χ1) is 7.70. The average molecular weight is 223 g/mol. The second-order valence-corrected chi connectivity index (χ2v) is 4.20. The minimum Gasteiger partial charge on any atom is -0.465 e. The first-order valence-electron chi connectivity index (χ1n) is 5.70. The number of carbonyl (C=O) groups excluding carboxylic acids is 1. The summed E-state index contributed by atoms with van der Waals surface area (Å²) < 4.78 is 6.60. The van der Waals surface area contributed by atoms with Gasteiger partial charge in [0, 0.05) is 12.4 Å². The molecular weight excluding hydrogens is 206 g/mol. The fraction of sp³-hybridized carbons (Fsp3) is 0.583. The molecule has 4 nitrogen and oxygen atoms in total. The third-order valence-corrected chi connectivity index (χ3v) is 2.80. The summed E-state index contributed by atoms with van der Waals surface area (Å²) in [5.74, 6) is 0.170. The number of hydrogen-bond donors (Lipinski definition) is 1. The van der Waals surface area contributed by atoms with E-state index in [1.165, 1.54) is 0 Å². The maximum atomic E-state index is 11.2. The topological polar surface area (TPSA) is 51.5 Å². The fourth-order valence-corrected chi connectivity index (χ4v) is 1.77. The van der Waals surface area contributed by atoms with Gasteiger partial charge in [0.1, 0.15) is 6.54 Å². The van der Waals surface area contributed by atoms with Gasteiger partial charge in [0.2, 0.25) is 0 Å². The highest BCUT2D eigenvalue weighted by Crippen LogP contribution is 2.40. The molecule has 1 aliphatic rings. The number of aliphatic hydroxyl groups excluding tert-OH is 1. The van der Waals surface area contributed by atoms with E-state index in [2.05, 4.69) is 0 Å². The lowest BCUT2D eigenvalue weighted by Crippen LogP contribution is -2.12. The Kier molecular flexibility index (Phi) is 3.29. The molecule has 1 saturated carbocycles. The van der Waals surface area contributed by atoms with Crippen molar-refractivity contribution in [3.05, 3.63) is 24.0 Å². The molecule has 2 rings (SSSR count). The SMILES string of the molecule is CCOC(=O)Cn1ccc(C(O)C2CC2)c1. The van der Waals surface area contributed by atoms with E-state index in [-0.39, 0.29) is 18.6 Å².